The third-order valence-electron chi connectivity index (χ3n) is 3.22. The molecule has 0 radical (unpaired) electrons. The predicted octanol–water partition coefficient (Wildman–Crippen LogP) is 2.83. The van der Waals surface area contributed by atoms with E-state index in [1.54, 1.807) is 14.2 Å². The molecule has 1 aromatic rings. The first kappa shape index (κ1) is 10.3. The zero-order chi connectivity index (χ0) is 10.8. The fourth-order valence-electron chi connectivity index (χ4n) is 2.37. The van der Waals surface area contributed by atoms with Gasteiger partial charge in [0.1, 0.15) is 11.5 Å². The van der Waals surface area contributed by atoms with Crippen molar-refractivity contribution in [2.45, 2.75) is 26.2 Å². The van der Waals surface area contributed by atoms with Crippen LogP contribution in [0.5, 0.6) is 11.5 Å². The lowest BCUT2D eigenvalue weighted by Gasteiger charge is -2.25. The number of fused-ring (bicyclic) bond motifs is 1. The van der Waals surface area contributed by atoms with E-state index in [1.165, 1.54) is 17.5 Å². The molecular formula is C13H18O2. The van der Waals surface area contributed by atoms with Gasteiger partial charge in [0.25, 0.3) is 0 Å². The van der Waals surface area contributed by atoms with E-state index in [4.69, 9.17) is 9.47 Å². The summed E-state index contributed by atoms with van der Waals surface area (Å²) in [5.74, 6) is 2.77. The van der Waals surface area contributed by atoms with Gasteiger partial charge in [0.15, 0.2) is 0 Å². The largest absolute Gasteiger partial charge is 0.496 e. The quantitative estimate of drug-likeness (QED) is 0.740. The van der Waals surface area contributed by atoms with Crippen molar-refractivity contribution in [3.63, 3.8) is 0 Å². The number of rotatable bonds is 2. The lowest BCUT2D eigenvalue weighted by atomic mass is 9.84. The molecule has 1 atom stereocenters. The van der Waals surface area contributed by atoms with Crippen LogP contribution < -0.4 is 9.47 Å². The molecule has 1 aliphatic carbocycles. The van der Waals surface area contributed by atoms with Gasteiger partial charge in [-0.15, -0.1) is 0 Å². The summed E-state index contributed by atoms with van der Waals surface area (Å²) in [4.78, 5) is 0. The fraction of sp³-hybridized carbons (Fsp3) is 0.538. The zero-order valence-corrected chi connectivity index (χ0v) is 9.67. The first-order chi connectivity index (χ1) is 7.26. The fourth-order valence-corrected chi connectivity index (χ4v) is 2.37. The molecule has 0 fully saturated rings. The highest BCUT2D eigenvalue weighted by Gasteiger charge is 2.21. The van der Waals surface area contributed by atoms with E-state index in [-0.39, 0.29) is 0 Å². The first-order valence-corrected chi connectivity index (χ1v) is 5.49. The molecule has 0 saturated carbocycles. The van der Waals surface area contributed by atoms with Gasteiger partial charge in [-0.3, -0.25) is 0 Å². The molecule has 0 aromatic heterocycles. The molecule has 0 bridgehead atoms. The summed E-state index contributed by atoms with van der Waals surface area (Å²) < 4.78 is 10.8. The maximum absolute atomic E-state index is 5.40. The van der Waals surface area contributed by atoms with E-state index in [0.717, 1.165) is 30.3 Å². The Morgan fingerprint density at radius 2 is 1.67 bits per heavy atom. The lowest BCUT2D eigenvalue weighted by Crippen LogP contribution is -2.13. The van der Waals surface area contributed by atoms with Crippen molar-refractivity contribution in [2.75, 3.05) is 14.2 Å². The average Bonchev–Trinajstić information content (AvgIpc) is 2.27. The first-order valence-electron chi connectivity index (χ1n) is 5.49. The van der Waals surface area contributed by atoms with Gasteiger partial charge in [0, 0.05) is 11.1 Å². The van der Waals surface area contributed by atoms with E-state index in [0.29, 0.717) is 0 Å². The van der Waals surface area contributed by atoms with Crippen LogP contribution in [0, 0.1) is 5.92 Å². The van der Waals surface area contributed by atoms with Crippen molar-refractivity contribution in [3.05, 3.63) is 23.3 Å². The molecule has 0 spiro atoms. The number of benzene rings is 1. The van der Waals surface area contributed by atoms with Crippen molar-refractivity contribution in [1.82, 2.24) is 0 Å². The molecule has 0 amide bonds. The van der Waals surface area contributed by atoms with E-state index >= 15 is 0 Å². The van der Waals surface area contributed by atoms with Crippen molar-refractivity contribution < 1.29 is 9.47 Å². The van der Waals surface area contributed by atoms with Crippen molar-refractivity contribution in [2.24, 2.45) is 5.92 Å². The second-order valence-electron chi connectivity index (χ2n) is 4.28. The monoisotopic (exact) mass is 206 g/mol. The van der Waals surface area contributed by atoms with Crippen molar-refractivity contribution >= 4 is 0 Å². The van der Waals surface area contributed by atoms with E-state index in [2.05, 4.69) is 6.92 Å². The highest BCUT2D eigenvalue weighted by atomic mass is 16.5. The van der Waals surface area contributed by atoms with Crippen LogP contribution in [0.1, 0.15) is 24.5 Å². The number of hydrogen-bond acceptors (Lipinski definition) is 2. The van der Waals surface area contributed by atoms with Crippen LogP contribution in [-0.4, -0.2) is 14.2 Å². The third kappa shape index (κ3) is 1.81. The minimum absolute atomic E-state index is 0.749. The van der Waals surface area contributed by atoms with Gasteiger partial charge in [0.2, 0.25) is 0 Å². The van der Waals surface area contributed by atoms with Gasteiger partial charge in [-0.2, -0.15) is 0 Å². The Morgan fingerprint density at radius 1 is 1.07 bits per heavy atom. The molecule has 2 heteroatoms. The highest BCUT2D eigenvalue weighted by molar-refractivity contribution is 5.50. The molecule has 82 valence electrons. The summed E-state index contributed by atoms with van der Waals surface area (Å²) in [6.45, 7) is 2.29. The zero-order valence-electron chi connectivity index (χ0n) is 9.67. The van der Waals surface area contributed by atoms with Crippen molar-refractivity contribution in [1.29, 1.82) is 0 Å². The number of ether oxygens (including phenoxy) is 2. The predicted molar refractivity (Wildman–Crippen MR) is 60.7 cm³/mol. The van der Waals surface area contributed by atoms with Crippen LogP contribution in [0.25, 0.3) is 0 Å². The smallest absolute Gasteiger partial charge is 0.122 e. The highest BCUT2D eigenvalue weighted by Crippen LogP contribution is 2.37. The average molecular weight is 206 g/mol. The summed E-state index contributed by atoms with van der Waals surface area (Å²) in [5.41, 5.74) is 2.69. The molecule has 2 rings (SSSR count). The van der Waals surface area contributed by atoms with E-state index in [1.807, 2.05) is 12.1 Å². The Hall–Kier alpha value is -1.18. The summed E-state index contributed by atoms with van der Waals surface area (Å²) in [5, 5.41) is 0. The van der Waals surface area contributed by atoms with Gasteiger partial charge >= 0.3 is 0 Å². The molecule has 1 unspecified atom stereocenters. The number of hydrogen-bond donors (Lipinski definition) is 0. The van der Waals surface area contributed by atoms with E-state index in [9.17, 15) is 0 Å². The minimum atomic E-state index is 0.749. The molecular weight excluding hydrogens is 188 g/mol. The Labute approximate surface area is 91.2 Å². The molecule has 0 saturated heterocycles. The van der Waals surface area contributed by atoms with E-state index < -0.39 is 0 Å². The van der Waals surface area contributed by atoms with Crippen LogP contribution in [0.3, 0.4) is 0 Å². The normalized spacial score (nSPS) is 19.5. The second-order valence-corrected chi connectivity index (χ2v) is 4.28. The van der Waals surface area contributed by atoms with Crippen LogP contribution >= 0.6 is 0 Å². The Morgan fingerprint density at radius 3 is 2.27 bits per heavy atom. The Balaban J connectivity index is 2.48. The molecule has 1 aromatic carbocycles. The van der Waals surface area contributed by atoms with Gasteiger partial charge in [-0.25, -0.2) is 0 Å². The van der Waals surface area contributed by atoms with Crippen LogP contribution in [0.4, 0.5) is 0 Å². The molecule has 0 aliphatic heterocycles. The Bertz CT molecular complexity index is 358. The number of methoxy groups -OCH3 is 2. The van der Waals surface area contributed by atoms with Gasteiger partial charge in [-0.05, 0) is 37.3 Å². The van der Waals surface area contributed by atoms with Crippen LogP contribution in [0.2, 0.25) is 0 Å². The molecule has 0 N–H and O–H groups in total. The summed E-state index contributed by atoms with van der Waals surface area (Å²) >= 11 is 0. The maximum Gasteiger partial charge on any atom is 0.122 e. The van der Waals surface area contributed by atoms with Crippen LogP contribution in [-0.2, 0) is 12.8 Å². The molecule has 1 aliphatic rings. The van der Waals surface area contributed by atoms with Gasteiger partial charge in [0.05, 0.1) is 14.2 Å². The third-order valence-corrected chi connectivity index (χ3v) is 3.22. The standard InChI is InChI=1S/C13H18O2/c1-9-4-5-10-11(8-9)13(15-3)7-6-12(10)14-2/h6-7,9H,4-5,8H2,1-3H3. The van der Waals surface area contributed by atoms with Crippen LogP contribution in [0.15, 0.2) is 12.1 Å². The summed E-state index contributed by atoms with van der Waals surface area (Å²) in [7, 11) is 3.47. The molecule has 2 nitrogen and oxygen atoms in total. The SMILES string of the molecule is COc1ccc(OC)c2c1CCC(C)C2. The van der Waals surface area contributed by atoms with Crippen molar-refractivity contribution in [3.8, 4) is 11.5 Å². The second kappa shape index (κ2) is 4.13. The topological polar surface area (TPSA) is 18.5 Å². The lowest BCUT2D eigenvalue weighted by molar-refractivity contribution is 0.378. The Kier molecular flexibility index (Phi) is 2.85. The molecule has 15 heavy (non-hydrogen) atoms. The minimum Gasteiger partial charge on any atom is -0.496 e. The molecule has 0 heterocycles. The van der Waals surface area contributed by atoms with Gasteiger partial charge in [-0.1, -0.05) is 6.92 Å². The summed E-state index contributed by atoms with van der Waals surface area (Å²) in [6.07, 6.45) is 3.46. The van der Waals surface area contributed by atoms with Gasteiger partial charge < -0.3 is 9.47 Å². The summed E-state index contributed by atoms with van der Waals surface area (Å²) in [6, 6.07) is 4.02. The maximum atomic E-state index is 5.40.